The molecular weight excluding hydrogens is 425 g/mol. The highest BCUT2D eigenvalue weighted by atomic mass is 35.5. The van der Waals surface area contributed by atoms with Crippen molar-refractivity contribution in [3.63, 3.8) is 0 Å². The SMILES string of the molecule is CCN(CC)[C@@]1(C(=O)O)C[C@@H](Sc2n[nH]c(C(F)(F)F)n2)[C@H]2[C@H](C(=O)O)[C@H]21.Cl. The lowest BCUT2D eigenvalue weighted by atomic mass is 9.88. The van der Waals surface area contributed by atoms with Crippen molar-refractivity contribution in [2.75, 3.05) is 13.1 Å². The van der Waals surface area contributed by atoms with Crippen LogP contribution in [0.4, 0.5) is 13.2 Å². The van der Waals surface area contributed by atoms with E-state index < -0.39 is 52.5 Å². The van der Waals surface area contributed by atoms with Crippen LogP contribution in [-0.4, -0.2) is 66.1 Å². The lowest BCUT2D eigenvalue weighted by Gasteiger charge is -2.39. The van der Waals surface area contributed by atoms with Crippen LogP contribution >= 0.6 is 24.2 Å². The molecule has 2 saturated carbocycles. The average molecular weight is 445 g/mol. The molecule has 0 unspecified atom stereocenters. The van der Waals surface area contributed by atoms with Crippen LogP contribution in [0.5, 0.6) is 0 Å². The summed E-state index contributed by atoms with van der Waals surface area (Å²) in [7, 11) is 0. The number of aromatic nitrogens is 3. The van der Waals surface area contributed by atoms with Gasteiger partial charge in [-0.1, -0.05) is 25.6 Å². The minimum Gasteiger partial charge on any atom is -0.481 e. The Morgan fingerprint density at radius 2 is 1.93 bits per heavy atom. The van der Waals surface area contributed by atoms with Gasteiger partial charge in [0.25, 0.3) is 0 Å². The zero-order chi connectivity index (χ0) is 20.1. The maximum Gasteiger partial charge on any atom is 0.451 e. The summed E-state index contributed by atoms with van der Waals surface area (Å²) in [6.07, 6.45) is -4.54. The molecule has 8 nitrogen and oxygen atoms in total. The standard InChI is InChI=1S/C15H19F3N4O4S.ClH/c1-3-22(4-2)14(12(25)26)5-6(7-8(9(7)14)10(23)24)27-13-19-11(20-21-13)15(16,17)18;/h6-9H,3-5H2,1-2H3,(H,23,24)(H,25,26)(H,19,20,21);1H/t6-,7+,8+,9+,14+;/m1./s1. The van der Waals surface area contributed by atoms with Crippen LogP contribution in [0.25, 0.3) is 0 Å². The van der Waals surface area contributed by atoms with Crippen LogP contribution in [0.3, 0.4) is 0 Å². The predicted octanol–water partition coefficient (Wildman–Crippen LogP) is 2.22. The Bertz CT molecular complexity index is 760. The van der Waals surface area contributed by atoms with E-state index >= 15 is 0 Å². The zero-order valence-electron chi connectivity index (χ0n) is 14.9. The van der Waals surface area contributed by atoms with Gasteiger partial charge < -0.3 is 10.2 Å². The number of carbonyl (C=O) groups is 2. The molecule has 1 aromatic rings. The van der Waals surface area contributed by atoms with Gasteiger partial charge in [0.15, 0.2) is 0 Å². The number of carboxylic acid groups (broad SMARTS) is 2. The van der Waals surface area contributed by atoms with Crippen molar-refractivity contribution in [1.29, 1.82) is 0 Å². The molecule has 1 aromatic heterocycles. The summed E-state index contributed by atoms with van der Waals surface area (Å²) in [5.41, 5.74) is -1.35. The second-order valence-corrected chi connectivity index (χ2v) is 7.90. The molecule has 5 atom stereocenters. The lowest BCUT2D eigenvalue weighted by Crippen LogP contribution is -2.56. The number of thioether (sulfide) groups is 1. The van der Waals surface area contributed by atoms with E-state index in [0.717, 1.165) is 11.8 Å². The second kappa shape index (κ2) is 7.71. The minimum absolute atomic E-state index is 0. The molecule has 3 N–H and O–H groups in total. The summed E-state index contributed by atoms with van der Waals surface area (Å²) in [6.45, 7) is 4.45. The van der Waals surface area contributed by atoms with Gasteiger partial charge in [0, 0.05) is 11.2 Å². The Labute approximate surface area is 168 Å². The van der Waals surface area contributed by atoms with Gasteiger partial charge >= 0.3 is 18.1 Å². The number of hydrogen-bond acceptors (Lipinski definition) is 6. The highest BCUT2D eigenvalue weighted by molar-refractivity contribution is 7.99. The minimum atomic E-state index is -4.67. The first kappa shape index (κ1) is 22.8. The molecule has 1 heterocycles. The van der Waals surface area contributed by atoms with E-state index in [-0.39, 0.29) is 24.0 Å². The first-order valence-corrected chi connectivity index (χ1v) is 9.33. The summed E-state index contributed by atoms with van der Waals surface area (Å²) in [5, 5.41) is 24.2. The van der Waals surface area contributed by atoms with Crippen LogP contribution in [0.1, 0.15) is 26.1 Å². The van der Waals surface area contributed by atoms with E-state index in [4.69, 9.17) is 0 Å². The maximum atomic E-state index is 12.7. The molecule has 158 valence electrons. The summed E-state index contributed by atoms with van der Waals surface area (Å²) in [6, 6.07) is 0. The van der Waals surface area contributed by atoms with Gasteiger partial charge in [0.1, 0.15) is 5.54 Å². The highest BCUT2D eigenvalue weighted by Gasteiger charge is 2.76. The smallest absolute Gasteiger partial charge is 0.451 e. The molecular formula is C15H20ClF3N4O4S. The number of fused-ring (bicyclic) bond motifs is 1. The molecule has 3 rings (SSSR count). The molecule has 2 fully saturated rings. The number of aromatic amines is 1. The largest absolute Gasteiger partial charge is 0.481 e. The van der Waals surface area contributed by atoms with E-state index in [9.17, 15) is 33.0 Å². The molecule has 0 aromatic carbocycles. The average Bonchev–Trinajstić information content (AvgIpc) is 2.99. The molecule has 13 heteroatoms. The van der Waals surface area contributed by atoms with Gasteiger partial charge in [-0.05, 0) is 25.4 Å². The fourth-order valence-corrected chi connectivity index (χ4v) is 5.83. The second-order valence-electron chi connectivity index (χ2n) is 6.69. The maximum absolute atomic E-state index is 12.7. The zero-order valence-corrected chi connectivity index (χ0v) is 16.6. The van der Waals surface area contributed by atoms with E-state index in [1.54, 1.807) is 18.7 Å². The third kappa shape index (κ3) is 3.45. The van der Waals surface area contributed by atoms with E-state index in [1.165, 1.54) is 0 Å². The Morgan fingerprint density at radius 1 is 1.32 bits per heavy atom. The molecule has 0 aliphatic heterocycles. The first-order chi connectivity index (χ1) is 12.6. The monoisotopic (exact) mass is 444 g/mol. The molecule has 2 aliphatic rings. The van der Waals surface area contributed by atoms with Crippen LogP contribution in [0, 0.1) is 17.8 Å². The number of hydrogen-bond donors (Lipinski definition) is 3. The Hall–Kier alpha value is -1.53. The molecule has 0 amide bonds. The number of halogens is 4. The van der Waals surface area contributed by atoms with Gasteiger partial charge in [0.2, 0.25) is 11.0 Å². The molecule has 0 bridgehead atoms. The van der Waals surface area contributed by atoms with Gasteiger partial charge in [-0.15, -0.1) is 17.5 Å². The summed E-state index contributed by atoms with van der Waals surface area (Å²) in [5.74, 6) is -5.30. The van der Waals surface area contributed by atoms with Gasteiger partial charge in [-0.3, -0.25) is 19.6 Å². The fraction of sp³-hybridized carbons (Fsp3) is 0.733. The van der Waals surface area contributed by atoms with Crippen molar-refractivity contribution in [1.82, 2.24) is 20.1 Å². The molecule has 28 heavy (non-hydrogen) atoms. The first-order valence-electron chi connectivity index (χ1n) is 8.45. The molecule has 2 aliphatic carbocycles. The van der Waals surface area contributed by atoms with Crippen molar-refractivity contribution in [2.45, 2.75) is 42.4 Å². The van der Waals surface area contributed by atoms with E-state index in [1.807, 2.05) is 5.10 Å². The normalized spacial score (nSPS) is 31.4. The van der Waals surface area contributed by atoms with Crippen LogP contribution < -0.4 is 0 Å². The Balaban J connectivity index is 0.00000280. The van der Waals surface area contributed by atoms with Gasteiger partial charge in [-0.2, -0.15) is 18.2 Å². The van der Waals surface area contributed by atoms with E-state index in [0.29, 0.717) is 13.1 Å². The summed E-state index contributed by atoms with van der Waals surface area (Å²) in [4.78, 5) is 28.9. The highest BCUT2D eigenvalue weighted by Crippen LogP contribution is 2.67. The lowest BCUT2D eigenvalue weighted by molar-refractivity contribution is -0.154. The van der Waals surface area contributed by atoms with E-state index in [2.05, 4.69) is 10.1 Å². The number of aliphatic carboxylic acids is 2. The number of carboxylic acids is 2. The molecule has 0 saturated heterocycles. The molecule has 0 spiro atoms. The third-order valence-electron chi connectivity index (χ3n) is 5.54. The summed E-state index contributed by atoms with van der Waals surface area (Å²) < 4.78 is 38.1. The number of nitrogens with one attached hydrogen (secondary N) is 1. The van der Waals surface area contributed by atoms with Crippen LogP contribution in [0.15, 0.2) is 5.16 Å². The third-order valence-corrected chi connectivity index (χ3v) is 6.72. The number of H-pyrrole nitrogens is 1. The fourth-order valence-electron chi connectivity index (χ4n) is 4.48. The quantitative estimate of drug-likeness (QED) is 0.585. The van der Waals surface area contributed by atoms with Gasteiger partial charge in [0.05, 0.1) is 5.92 Å². The summed E-state index contributed by atoms with van der Waals surface area (Å²) >= 11 is 0.910. The number of nitrogens with zero attached hydrogens (tertiary/aromatic N) is 3. The van der Waals surface area contributed by atoms with Crippen molar-refractivity contribution in [3.8, 4) is 0 Å². The van der Waals surface area contributed by atoms with Crippen molar-refractivity contribution >= 4 is 36.1 Å². The molecule has 0 radical (unpaired) electrons. The van der Waals surface area contributed by atoms with Crippen molar-refractivity contribution < 1.29 is 33.0 Å². The van der Waals surface area contributed by atoms with Crippen molar-refractivity contribution in [2.24, 2.45) is 17.8 Å². The predicted molar refractivity (Wildman–Crippen MR) is 94.3 cm³/mol. The van der Waals surface area contributed by atoms with Gasteiger partial charge in [-0.25, -0.2) is 0 Å². The van der Waals surface area contributed by atoms with Crippen LogP contribution in [0.2, 0.25) is 0 Å². The van der Waals surface area contributed by atoms with Crippen molar-refractivity contribution in [3.05, 3.63) is 5.82 Å². The number of likely N-dealkylation sites (N-methyl/N-ethyl adjacent to an activating group) is 1. The Morgan fingerprint density at radius 3 is 2.36 bits per heavy atom. The van der Waals surface area contributed by atoms with Crippen LogP contribution in [-0.2, 0) is 15.8 Å². The topological polar surface area (TPSA) is 119 Å². The number of rotatable bonds is 7. The number of alkyl halides is 3. The Kier molecular flexibility index (Phi) is 6.27.